The molecule has 2 nitrogen and oxygen atoms in total. The summed E-state index contributed by atoms with van der Waals surface area (Å²) < 4.78 is 0. The molecule has 324 valence electrons. The standard InChI is InChI=1S/C65H51BN2/c1-44-39-62-64-63(40-44)68(59-37-30-51(46-19-11-6-12-20-46)41-56(59)50-25-32-54(33-26-50)65(2,3)4)61-43-53(48-23-15-8-16-24-48)29-36-57(61)66(64)58-42-52(47-21-13-7-14-22-47)31-38-60(58)67(62)55-34-27-49(28-35-55)45-17-9-5-10-18-45/h5-43H,1-4H3. The number of rotatable bonds is 7. The number of anilines is 6. The highest BCUT2D eigenvalue weighted by Gasteiger charge is 2.44. The molecule has 2 heterocycles. The van der Waals surface area contributed by atoms with Crippen LogP contribution in [0, 0.1) is 6.92 Å². The van der Waals surface area contributed by atoms with Gasteiger partial charge in [0, 0.05) is 34.0 Å². The summed E-state index contributed by atoms with van der Waals surface area (Å²) in [4.78, 5) is 5.11. The Morgan fingerprint density at radius 3 is 1.32 bits per heavy atom. The summed E-state index contributed by atoms with van der Waals surface area (Å²) in [5, 5.41) is 0. The van der Waals surface area contributed by atoms with Gasteiger partial charge in [-0.25, -0.2) is 0 Å². The van der Waals surface area contributed by atoms with Crippen LogP contribution < -0.4 is 26.2 Å². The topological polar surface area (TPSA) is 6.48 Å². The number of benzene rings is 10. The fourth-order valence-electron chi connectivity index (χ4n) is 10.6. The van der Waals surface area contributed by atoms with E-state index in [0.717, 1.165) is 11.4 Å². The predicted octanol–water partition coefficient (Wildman–Crippen LogP) is 15.7. The summed E-state index contributed by atoms with van der Waals surface area (Å²) in [5.41, 5.74) is 25.5. The summed E-state index contributed by atoms with van der Waals surface area (Å²) in [6, 6.07) is 87.9. The smallest absolute Gasteiger partial charge is 0.252 e. The second-order valence-electron chi connectivity index (χ2n) is 19.4. The van der Waals surface area contributed by atoms with Crippen molar-refractivity contribution in [3.8, 4) is 55.6 Å². The highest BCUT2D eigenvalue weighted by Crippen LogP contribution is 2.49. The molecular formula is C65H51BN2. The van der Waals surface area contributed by atoms with E-state index in [4.69, 9.17) is 0 Å². The molecule has 0 unspecified atom stereocenters. The highest BCUT2D eigenvalue weighted by molar-refractivity contribution is 7.00. The SMILES string of the molecule is Cc1cc2c3c(c1)N(c1ccc(-c4ccccc4)cc1-c1ccc(C(C)(C)C)cc1)c1cc(-c4ccccc4)ccc1B3c1cc(-c3ccccc3)ccc1N2c1ccc(-c2ccccc2)cc1. The quantitative estimate of drug-likeness (QED) is 0.147. The van der Waals surface area contributed by atoms with Gasteiger partial charge in [0.1, 0.15) is 0 Å². The molecule has 0 aromatic heterocycles. The van der Waals surface area contributed by atoms with Crippen LogP contribution in [-0.2, 0) is 5.41 Å². The van der Waals surface area contributed by atoms with Crippen LogP contribution in [-0.4, -0.2) is 6.71 Å². The van der Waals surface area contributed by atoms with Gasteiger partial charge in [0.25, 0.3) is 6.71 Å². The second-order valence-corrected chi connectivity index (χ2v) is 19.4. The van der Waals surface area contributed by atoms with Gasteiger partial charge >= 0.3 is 0 Å². The van der Waals surface area contributed by atoms with Crippen LogP contribution in [0.1, 0.15) is 31.9 Å². The molecule has 0 bridgehead atoms. The third kappa shape index (κ3) is 7.23. The first-order valence-electron chi connectivity index (χ1n) is 23.9. The molecule has 3 heteroatoms. The maximum atomic E-state index is 2.59. The first-order chi connectivity index (χ1) is 33.3. The van der Waals surface area contributed by atoms with E-state index in [2.05, 4.69) is 274 Å². The molecule has 2 aliphatic rings. The molecule has 0 atom stereocenters. The maximum absolute atomic E-state index is 2.59. The molecule has 0 spiro atoms. The summed E-state index contributed by atoms with van der Waals surface area (Å²) in [7, 11) is 0. The van der Waals surface area contributed by atoms with Crippen LogP contribution in [0.3, 0.4) is 0 Å². The summed E-state index contributed by atoms with van der Waals surface area (Å²) >= 11 is 0. The third-order valence-electron chi connectivity index (χ3n) is 14.1. The number of fused-ring (bicyclic) bond motifs is 4. The van der Waals surface area contributed by atoms with Gasteiger partial charge in [0.05, 0.1) is 5.69 Å². The van der Waals surface area contributed by atoms with Crippen molar-refractivity contribution < 1.29 is 0 Å². The minimum absolute atomic E-state index is 0.0340. The number of nitrogens with zero attached hydrogens (tertiary/aromatic N) is 2. The van der Waals surface area contributed by atoms with Gasteiger partial charge in [-0.15, -0.1) is 0 Å². The van der Waals surface area contributed by atoms with Crippen LogP contribution in [0.2, 0.25) is 0 Å². The molecule has 12 rings (SSSR count). The van der Waals surface area contributed by atoms with Gasteiger partial charge in [0.15, 0.2) is 0 Å². The molecule has 0 amide bonds. The zero-order valence-corrected chi connectivity index (χ0v) is 39.0. The van der Waals surface area contributed by atoms with Crippen LogP contribution >= 0.6 is 0 Å². The largest absolute Gasteiger partial charge is 0.311 e. The van der Waals surface area contributed by atoms with E-state index in [1.54, 1.807) is 0 Å². The van der Waals surface area contributed by atoms with Crippen molar-refractivity contribution in [1.29, 1.82) is 0 Å². The van der Waals surface area contributed by atoms with Crippen molar-refractivity contribution in [3.05, 3.63) is 248 Å². The van der Waals surface area contributed by atoms with Gasteiger partial charge in [-0.3, -0.25) is 0 Å². The van der Waals surface area contributed by atoms with Gasteiger partial charge in [0.2, 0.25) is 0 Å². The highest BCUT2D eigenvalue weighted by atomic mass is 15.2. The molecule has 0 radical (unpaired) electrons. The van der Waals surface area contributed by atoms with Crippen molar-refractivity contribution >= 4 is 57.2 Å². The molecular weight excluding hydrogens is 820 g/mol. The van der Waals surface area contributed by atoms with E-state index in [1.807, 2.05) is 0 Å². The summed E-state index contributed by atoms with van der Waals surface area (Å²) in [6.07, 6.45) is 0. The van der Waals surface area contributed by atoms with Crippen LogP contribution in [0.4, 0.5) is 34.1 Å². The number of hydrogen-bond donors (Lipinski definition) is 0. The molecule has 68 heavy (non-hydrogen) atoms. The Kier molecular flexibility index (Phi) is 10.1. The minimum atomic E-state index is -0.0340. The lowest BCUT2D eigenvalue weighted by Crippen LogP contribution is -2.61. The number of hydrogen-bond acceptors (Lipinski definition) is 2. The predicted molar refractivity (Wildman–Crippen MR) is 291 cm³/mol. The Bertz CT molecular complexity index is 3470. The molecule has 0 aliphatic carbocycles. The molecule has 10 aromatic carbocycles. The lowest BCUT2D eigenvalue weighted by Gasteiger charge is -2.45. The second kappa shape index (κ2) is 16.6. The fourth-order valence-corrected chi connectivity index (χ4v) is 10.6. The number of aryl methyl sites for hydroxylation is 1. The van der Waals surface area contributed by atoms with Crippen LogP contribution in [0.5, 0.6) is 0 Å². The summed E-state index contributed by atoms with van der Waals surface area (Å²) in [5.74, 6) is 0. The molecule has 2 aliphatic heterocycles. The maximum Gasteiger partial charge on any atom is 0.252 e. The van der Waals surface area contributed by atoms with E-state index in [1.165, 1.54) is 106 Å². The minimum Gasteiger partial charge on any atom is -0.311 e. The van der Waals surface area contributed by atoms with Crippen molar-refractivity contribution in [2.24, 2.45) is 0 Å². The van der Waals surface area contributed by atoms with Gasteiger partial charge in [-0.05, 0) is 138 Å². The van der Waals surface area contributed by atoms with Crippen LogP contribution in [0.15, 0.2) is 237 Å². The Morgan fingerprint density at radius 2 is 0.765 bits per heavy atom. The Labute approximate surface area is 401 Å². The first-order valence-corrected chi connectivity index (χ1v) is 23.9. The van der Waals surface area contributed by atoms with Crippen molar-refractivity contribution in [3.63, 3.8) is 0 Å². The molecule has 0 N–H and O–H groups in total. The van der Waals surface area contributed by atoms with Gasteiger partial charge < -0.3 is 9.80 Å². The van der Waals surface area contributed by atoms with Crippen molar-refractivity contribution in [2.75, 3.05) is 9.80 Å². The molecule has 0 saturated heterocycles. The van der Waals surface area contributed by atoms with E-state index in [-0.39, 0.29) is 12.1 Å². The zero-order valence-electron chi connectivity index (χ0n) is 39.0. The Morgan fingerprint density at radius 1 is 0.324 bits per heavy atom. The van der Waals surface area contributed by atoms with Crippen molar-refractivity contribution in [1.82, 2.24) is 0 Å². The van der Waals surface area contributed by atoms with Crippen molar-refractivity contribution in [2.45, 2.75) is 33.1 Å². The third-order valence-corrected chi connectivity index (χ3v) is 14.1. The van der Waals surface area contributed by atoms with E-state index < -0.39 is 0 Å². The molecule has 0 fully saturated rings. The lowest BCUT2D eigenvalue weighted by atomic mass is 9.33. The first kappa shape index (κ1) is 41.3. The normalized spacial score (nSPS) is 12.6. The van der Waals surface area contributed by atoms with E-state index in [9.17, 15) is 0 Å². The van der Waals surface area contributed by atoms with E-state index in [0.29, 0.717) is 0 Å². The molecule has 10 aromatic rings. The Hall–Kier alpha value is -8.14. The lowest BCUT2D eigenvalue weighted by molar-refractivity contribution is 0.590. The van der Waals surface area contributed by atoms with Crippen LogP contribution in [0.25, 0.3) is 55.6 Å². The fraction of sp³-hybridized carbons (Fsp3) is 0.0769. The zero-order chi connectivity index (χ0) is 45.9. The average molecular weight is 871 g/mol. The molecule has 0 saturated carbocycles. The summed E-state index contributed by atoms with van der Waals surface area (Å²) in [6.45, 7) is 9.09. The van der Waals surface area contributed by atoms with Gasteiger partial charge in [-0.2, -0.15) is 0 Å². The Balaban J connectivity index is 1.14. The van der Waals surface area contributed by atoms with Gasteiger partial charge in [-0.1, -0.05) is 209 Å². The van der Waals surface area contributed by atoms with E-state index >= 15 is 0 Å². The average Bonchev–Trinajstić information content (AvgIpc) is 3.39. The monoisotopic (exact) mass is 870 g/mol.